The van der Waals surface area contributed by atoms with Crippen LogP contribution >= 0.6 is 15.9 Å². The third kappa shape index (κ3) is 4.28. The van der Waals surface area contributed by atoms with Crippen LogP contribution in [0, 0.1) is 0 Å². The molecule has 0 N–H and O–H groups in total. The molecule has 0 bridgehead atoms. The highest BCUT2D eigenvalue weighted by atomic mass is 79.9. The summed E-state index contributed by atoms with van der Waals surface area (Å²) in [4.78, 5) is 11.8. The van der Waals surface area contributed by atoms with E-state index < -0.39 is 0 Å². The molecular formula is C21H17BrO3. The van der Waals surface area contributed by atoms with Crippen molar-refractivity contribution in [1.29, 1.82) is 0 Å². The molecule has 3 rings (SSSR count). The summed E-state index contributed by atoms with van der Waals surface area (Å²) in [6.07, 6.45) is 0. The van der Waals surface area contributed by atoms with E-state index in [1.807, 2.05) is 66.7 Å². The molecule has 0 spiro atoms. The SMILES string of the molecule is COC(=O)c1cccc(-c2cc(Br)ccc2OCc2ccccc2)c1. The molecule has 25 heavy (non-hydrogen) atoms. The van der Waals surface area contributed by atoms with E-state index in [1.54, 1.807) is 6.07 Å². The molecule has 0 unspecified atom stereocenters. The highest BCUT2D eigenvalue weighted by Gasteiger charge is 2.11. The van der Waals surface area contributed by atoms with Crippen LogP contribution in [0.5, 0.6) is 5.75 Å². The first-order chi connectivity index (χ1) is 12.2. The van der Waals surface area contributed by atoms with Crippen LogP contribution < -0.4 is 4.74 Å². The first kappa shape index (κ1) is 17.2. The van der Waals surface area contributed by atoms with Crippen LogP contribution in [-0.4, -0.2) is 13.1 Å². The van der Waals surface area contributed by atoms with E-state index in [0.29, 0.717) is 12.2 Å². The van der Waals surface area contributed by atoms with Gasteiger partial charge in [0.15, 0.2) is 0 Å². The van der Waals surface area contributed by atoms with E-state index >= 15 is 0 Å². The van der Waals surface area contributed by atoms with Gasteiger partial charge in [-0.2, -0.15) is 0 Å². The molecule has 0 amide bonds. The summed E-state index contributed by atoms with van der Waals surface area (Å²) < 4.78 is 11.8. The lowest BCUT2D eigenvalue weighted by atomic mass is 10.0. The second kappa shape index (κ2) is 7.99. The zero-order chi connectivity index (χ0) is 17.6. The number of rotatable bonds is 5. The average Bonchev–Trinajstić information content (AvgIpc) is 2.67. The molecule has 0 radical (unpaired) electrons. The summed E-state index contributed by atoms with van der Waals surface area (Å²) in [6.45, 7) is 0.478. The highest BCUT2D eigenvalue weighted by molar-refractivity contribution is 9.10. The number of methoxy groups -OCH3 is 1. The molecule has 0 fully saturated rings. The number of benzene rings is 3. The Labute approximate surface area is 155 Å². The quantitative estimate of drug-likeness (QED) is 0.535. The molecule has 126 valence electrons. The maximum absolute atomic E-state index is 11.8. The molecule has 0 aliphatic rings. The topological polar surface area (TPSA) is 35.5 Å². The largest absolute Gasteiger partial charge is 0.488 e. The average molecular weight is 397 g/mol. The van der Waals surface area contributed by atoms with Crippen LogP contribution in [-0.2, 0) is 11.3 Å². The van der Waals surface area contributed by atoms with Gasteiger partial charge in [0.05, 0.1) is 12.7 Å². The zero-order valence-electron chi connectivity index (χ0n) is 13.7. The van der Waals surface area contributed by atoms with Crippen molar-refractivity contribution < 1.29 is 14.3 Å². The Hall–Kier alpha value is -2.59. The predicted molar refractivity (Wildman–Crippen MR) is 102 cm³/mol. The number of carbonyl (C=O) groups is 1. The summed E-state index contributed by atoms with van der Waals surface area (Å²) in [5.74, 6) is 0.401. The number of esters is 1. The van der Waals surface area contributed by atoms with Gasteiger partial charge < -0.3 is 9.47 Å². The number of halogens is 1. The minimum atomic E-state index is -0.358. The Bertz CT molecular complexity index is 875. The molecule has 3 aromatic carbocycles. The van der Waals surface area contributed by atoms with Gasteiger partial charge in [-0.25, -0.2) is 4.79 Å². The van der Waals surface area contributed by atoms with Gasteiger partial charge in [-0.05, 0) is 41.5 Å². The van der Waals surface area contributed by atoms with Gasteiger partial charge in [0.2, 0.25) is 0 Å². The summed E-state index contributed by atoms with van der Waals surface area (Å²) in [5.41, 5.74) is 3.41. The molecule has 0 saturated carbocycles. The Morgan fingerprint density at radius 3 is 2.52 bits per heavy atom. The number of ether oxygens (including phenoxy) is 2. The van der Waals surface area contributed by atoms with E-state index in [0.717, 1.165) is 26.9 Å². The summed E-state index contributed by atoms with van der Waals surface area (Å²) >= 11 is 3.50. The molecule has 3 aromatic rings. The smallest absolute Gasteiger partial charge is 0.337 e. The third-order valence-corrected chi connectivity index (χ3v) is 4.27. The molecule has 0 saturated heterocycles. The Morgan fingerprint density at radius 2 is 1.76 bits per heavy atom. The molecule has 0 heterocycles. The fourth-order valence-corrected chi connectivity index (χ4v) is 2.88. The van der Waals surface area contributed by atoms with Gasteiger partial charge in [-0.3, -0.25) is 0 Å². The standard InChI is InChI=1S/C21H17BrO3/c1-24-21(23)17-9-5-8-16(12-17)19-13-18(22)10-11-20(19)25-14-15-6-3-2-4-7-15/h2-13H,14H2,1H3. The monoisotopic (exact) mass is 396 g/mol. The fraction of sp³-hybridized carbons (Fsp3) is 0.0952. The van der Waals surface area contributed by atoms with Gasteiger partial charge in [0, 0.05) is 10.0 Å². The van der Waals surface area contributed by atoms with Crippen molar-refractivity contribution in [2.45, 2.75) is 6.61 Å². The molecule has 0 aromatic heterocycles. The normalized spacial score (nSPS) is 10.3. The van der Waals surface area contributed by atoms with Gasteiger partial charge in [-0.1, -0.05) is 58.4 Å². The van der Waals surface area contributed by atoms with Crippen molar-refractivity contribution in [2.24, 2.45) is 0 Å². The van der Waals surface area contributed by atoms with E-state index in [1.165, 1.54) is 7.11 Å². The van der Waals surface area contributed by atoms with Crippen LogP contribution in [0.3, 0.4) is 0 Å². The molecule has 0 aliphatic heterocycles. The Kier molecular flexibility index (Phi) is 5.51. The lowest BCUT2D eigenvalue weighted by Gasteiger charge is -2.13. The number of hydrogen-bond donors (Lipinski definition) is 0. The minimum absolute atomic E-state index is 0.358. The highest BCUT2D eigenvalue weighted by Crippen LogP contribution is 2.33. The number of hydrogen-bond acceptors (Lipinski definition) is 3. The van der Waals surface area contributed by atoms with Crippen LogP contribution in [0.1, 0.15) is 15.9 Å². The molecular weight excluding hydrogens is 380 g/mol. The van der Waals surface area contributed by atoms with E-state index in [4.69, 9.17) is 9.47 Å². The Balaban J connectivity index is 1.93. The van der Waals surface area contributed by atoms with Crippen molar-refractivity contribution in [3.8, 4) is 16.9 Å². The molecule has 3 nitrogen and oxygen atoms in total. The van der Waals surface area contributed by atoms with Gasteiger partial charge in [0.25, 0.3) is 0 Å². The van der Waals surface area contributed by atoms with Gasteiger partial charge in [-0.15, -0.1) is 0 Å². The maximum Gasteiger partial charge on any atom is 0.337 e. The fourth-order valence-electron chi connectivity index (χ4n) is 2.52. The van der Waals surface area contributed by atoms with Crippen LogP contribution in [0.25, 0.3) is 11.1 Å². The summed E-state index contributed by atoms with van der Waals surface area (Å²) in [7, 11) is 1.38. The lowest BCUT2D eigenvalue weighted by Crippen LogP contribution is -2.01. The summed E-state index contributed by atoms with van der Waals surface area (Å²) in [6, 6.07) is 23.2. The van der Waals surface area contributed by atoms with Gasteiger partial charge >= 0.3 is 5.97 Å². The van der Waals surface area contributed by atoms with E-state index in [2.05, 4.69) is 15.9 Å². The minimum Gasteiger partial charge on any atom is -0.488 e. The predicted octanol–water partition coefficient (Wildman–Crippen LogP) is 5.48. The zero-order valence-corrected chi connectivity index (χ0v) is 15.3. The molecule has 4 heteroatoms. The molecule has 0 aliphatic carbocycles. The van der Waals surface area contributed by atoms with E-state index in [9.17, 15) is 4.79 Å². The maximum atomic E-state index is 11.8. The van der Waals surface area contributed by atoms with Crippen LogP contribution in [0.4, 0.5) is 0 Å². The number of carbonyl (C=O) groups excluding carboxylic acids is 1. The van der Waals surface area contributed by atoms with Crippen molar-refractivity contribution in [3.05, 3.63) is 88.4 Å². The second-order valence-electron chi connectivity index (χ2n) is 5.49. The summed E-state index contributed by atoms with van der Waals surface area (Å²) in [5, 5.41) is 0. The van der Waals surface area contributed by atoms with Crippen molar-refractivity contribution in [3.63, 3.8) is 0 Å². The van der Waals surface area contributed by atoms with Gasteiger partial charge in [0.1, 0.15) is 12.4 Å². The van der Waals surface area contributed by atoms with E-state index in [-0.39, 0.29) is 5.97 Å². The molecule has 0 atom stereocenters. The first-order valence-corrected chi connectivity index (χ1v) is 8.61. The van der Waals surface area contributed by atoms with Crippen LogP contribution in [0.2, 0.25) is 0 Å². The second-order valence-corrected chi connectivity index (χ2v) is 6.40. The lowest BCUT2D eigenvalue weighted by molar-refractivity contribution is 0.0601. The van der Waals surface area contributed by atoms with Crippen molar-refractivity contribution >= 4 is 21.9 Å². The third-order valence-electron chi connectivity index (χ3n) is 3.77. The first-order valence-electron chi connectivity index (χ1n) is 7.82. The van der Waals surface area contributed by atoms with Crippen molar-refractivity contribution in [1.82, 2.24) is 0 Å². The van der Waals surface area contributed by atoms with Crippen molar-refractivity contribution in [2.75, 3.05) is 7.11 Å². The Morgan fingerprint density at radius 1 is 0.960 bits per heavy atom. The van der Waals surface area contributed by atoms with Crippen LogP contribution in [0.15, 0.2) is 77.3 Å².